The predicted molar refractivity (Wildman–Crippen MR) is 51.9 cm³/mol. The maximum atomic E-state index is 9.92. The summed E-state index contributed by atoms with van der Waals surface area (Å²) in [5.74, 6) is 0. The second-order valence-electron chi connectivity index (χ2n) is 3.22. The van der Waals surface area contributed by atoms with E-state index in [2.05, 4.69) is 0 Å². The first-order valence-electron chi connectivity index (χ1n) is 4.50. The van der Waals surface area contributed by atoms with E-state index in [-0.39, 0.29) is 5.22 Å². The standard InChI is InChI=1S/C10H11ClO3/c11-10-8(3-5-14-10)9(12)7-2-1-4-13-6-7/h3,5-6,9,12H,1-2,4H2. The lowest BCUT2D eigenvalue weighted by molar-refractivity contribution is 0.170. The van der Waals surface area contributed by atoms with Crippen LogP contribution in [-0.2, 0) is 4.74 Å². The second kappa shape index (κ2) is 4.07. The average Bonchev–Trinajstić information content (AvgIpc) is 2.65. The zero-order chi connectivity index (χ0) is 9.97. The van der Waals surface area contributed by atoms with Gasteiger partial charge in [-0.25, -0.2) is 0 Å². The van der Waals surface area contributed by atoms with E-state index in [1.165, 1.54) is 6.26 Å². The topological polar surface area (TPSA) is 42.6 Å². The van der Waals surface area contributed by atoms with Gasteiger partial charge in [0.1, 0.15) is 6.10 Å². The Labute approximate surface area is 86.9 Å². The fourth-order valence-corrected chi connectivity index (χ4v) is 1.70. The summed E-state index contributed by atoms with van der Waals surface area (Å²) >= 11 is 5.76. The monoisotopic (exact) mass is 214 g/mol. The summed E-state index contributed by atoms with van der Waals surface area (Å²) in [5.41, 5.74) is 1.45. The lowest BCUT2D eigenvalue weighted by Gasteiger charge is -2.17. The maximum absolute atomic E-state index is 9.92. The largest absolute Gasteiger partial charge is 0.501 e. The summed E-state index contributed by atoms with van der Waals surface area (Å²) < 4.78 is 10.1. The first-order chi connectivity index (χ1) is 6.79. The zero-order valence-electron chi connectivity index (χ0n) is 7.57. The van der Waals surface area contributed by atoms with Crippen LogP contribution in [0.25, 0.3) is 0 Å². The highest BCUT2D eigenvalue weighted by Gasteiger charge is 2.20. The molecule has 76 valence electrons. The number of ether oxygens (including phenoxy) is 1. The van der Waals surface area contributed by atoms with Gasteiger partial charge < -0.3 is 14.3 Å². The van der Waals surface area contributed by atoms with Gasteiger partial charge in [0.25, 0.3) is 0 Å². The Morgan fingerprint density at radius 1 is 1.50 bits per heavy atom. The minimum Gasteiger partial charge on any atom is -0.501 e. The molecular formula is C10H11ClO3. The Kier molecular flexibility index (Phi) is 2.79. The van der Waals surface area contributed by atoms with E-state index >= 15 is 0 Å². The van der Waals surface area contributed by atoms with E-state index in [0.717, 1.165) is 25.0 Å². The lowest BCUT2D eigenvalue weighted by Crippen LogP contribution is -2.07. The van der Waals surface area contributed by atoms with Crippen molar-refractivity contribution in [2.24, 2.45) is 0 Å². The van der Waals surface area contributed by atoms with Gasteiger partial charge in [0.2, 0.25) is 0 Å². The Morgan fingerprint density at radius 3 is 2.93 bits per heavy atom. The highest BCUT2D eigenvalue weighted by molar-refractivity contribution is 6.29. The molecule has 1 atom stereocenters. The van der Waals surface area contributed by atoms with Crippen molar-refractivity contribution in [2.45, 2.75) is 18.9 Å². The van der Waals surface area contributed by atoms with Crippen molar-refractivity contribution in [3.05, 3.63) is 34.9 Å². The lowest BCUT2D eigenvalue weighted by atomic mass is 10.0. The normalized spacial score (nSPS) is 18.6. The maximum Gasteiger partial charge on any atom is 0.199 e. The van der Waals surface area contributed by atoms with Gasteiger partial charge in [-0.05, 0) is 36.1 Å². The fourth-order valence-electron chi connectivity index (χ4n) is 1.48. The van der Waals surface area contributed by atoms with Crippen molar-refractivity contribution in [2.75, 3.05) is 6.61 Å². The number of furan rings is 1. The molecule has 4 heteroatoms. The quantitative estimate of drug-likeness (QED) is 0.823. The summed E-state index contributed by atoms with van der Waals surface area (Å²) in [7, 11) is 0. The van der Waals surface area contributed by atoms with Crippen LogP contribution in [0.3, 0.4) is 0 Å². The van der Waals surface area contributed by atoms with Crippen LogP contribution in [0, 0.1) is 0 Å². The molecule has 0 amide bonds. The van der Waals surface area contributed by atoms with E-state index in [1.807, 2.05) is 0 Å². The summed E-state index contributed by atoms with van der Waals surface area (Å²) in [6.07, 6.45) is 4.13. The molecule has 0 saturated carbocycles. The van der Waals surface area contributed by atoms with Gasteiger partial charge in [-0.2, -0.15) is 0 Å². The van der Waals surface area contributed by atoms with Crippen LogP contribution < -0.4 is 0 Å². The number of aliphatic hydroxyl groups excluding tert-OH is 1. The number of hydrogen-bond donors (Lipinski definition) is 1. The van der Waals surface area contributed by atoms with Gasteiger partial charge >= 0.3 is 0 Å². The molecule has 14 heavy (non-hydrogen) atoms. The summed E-state index contributed by atoms with van der Waals surface area (Å²) in [6, 6.07) is 1.67. The Morgan fingerprint density at radius 2 is 2.36 bits per heavy atom. The third-order valence-electron chi connectivity index (χ3n) is 2.25. The van der Waals surface area contributed by atoms with Crippen molar-refractivity contribution in [1.82, 2.24) is 0 Å². The minimum absolute atomic E-state index is 0.240. The second-order valence-corrected chi connectivity index (χ2v) is 3.56. The predicted octanol–water partition coefficient (Wildman–Crippen LogP) is 2.66. The first kappa shape index (κ1) is 9.62. The van der Waals surface area contributed by atoms with E-state index in [9.17, 15) is 5.11 Å². The van der Waals surface area contributed by atoms with Crippen LogP contribution >= 0.6 is 11.6 Å². The Balaban J connectivity index is 2.19. The molecule has 0 fully saturated rings. The average molecular weight is 215 g/mol. The molecule has 1 aliphatic heterocycles. The molecule has 0 saturated heterocycles. The molecule has 0 radical (unpaired) electrons. The fraction of sp³-hybridized carbons (Fsp3) is 0.400. The van der Waals surface area contributed by atoms with Crippen molar-refractivity contribution < 1.29 is 14.3 Å². The van der Waals surface area contributed by atoms with Gasteiger partial charge in [-0.3, -0.25) is 0 Å². The molecule has 0 spiro atoms. The molecule has 2 heterocycles. The van der Waals surface area contributed by atoms with Crippen molar-refractivity contribution in [3.63, 3.8) is 0 Å². The van der Waals surface area contributed by atoms with Crippen LogP contribution in [0.4, 0.5) is 0 Å². The van der Waals surface area contributed by atoms with E-state index in [0.29, 0.717) is 5.56 Å². The minimum atomic E-state index is -0.707. The molecule has 1 aliphatic rings. The molecule has 1 aromatic rings. The third kappa shape index (κ3) is 1.79. The summed E-state index contributed by atoms with van der Waals surface area (Å²) in [4.78, 5) is 0. The first-order valence-corrected chi connectivity index (χ1v) is 4.88. The molecule has 1 N–H and O–H groups in total. The molecular weight excluding hydrogens is 204 g/mol. The Bertz CT molecular complexity index is 343. The number of rotatable bonds is 2. The van der Waals surface area contributed by atoms with Crippen LogP contribution in [0.2, 0.25) is 5.22 Å². The zero-order valence-corrected chi connectivity index (χ0v) is 8.33. The summed E-state index contributed by atoms with van der Waals surface area (Å²) in [5, 5.41) is 10.2. The van der Waals surface area contributed by atoms with Gasteiger partial charge in [0.15, 0.2) is 5.22 Å². The number of hydrogen-bond acceptors (Lipinski definition) is 3. The highest BCUT2D eigenvalue weighted by Crippen LogP contribution is 2.32. The van der Waals surface area contributed by atoms with Gasteiger partial charge in [-0.1, -0.05) is 0 Å². The molecule has 1 unspecified atom stereocenters. The molecule has 1 aromatic heterocycles. The van der Waals surface area contributed by atoms with Gasteiger partial charge in [0, 0.05) is 5.56 Å². The summed E-state index contributed by atoms with van der Waals surface area (Å²) in [6.45, 7) is 0.718. The van der Waals surface area contributed by atoms with Crippen molar-refractivity contribution in [1.29, 1.82) is 0 Å². The molecule has 0 bridgehead atoms. The third-order valence-corrected chi connectivity index (χ3v) is 2.56. The smallest absolute Gasteiger partial charge is 0.199 e. The number of aliphatic hydroxyl groups is 1. The molecule has 3 nitrogen and oxygen atoms in total. The molecule has 0 aliphatic carbocycles. The highest BCUT2D eigenvalue weighted by atomic mass is 35.5. The van der Waals surface area contributed by atoms with E-state index in [1.54, 1.807) is 12.3 Å². The SMILES string of the molecule is OC(C1=COCCC1)c1ccoc1Cl. The number of halogens is 1. The van der Waals surface area contributed by atoms with Crippen molar-refractivity contribution >= 4 is 11.6 Å². The van der Waals surface area contributed by atoms with Crippen LogP contribution in [0.15, 0.2) is 28.6 Å². The van der Waals surface area contributed by atoms with Gasteiger partial charge in [-0.15, -0.1) is 0 Å². The van der Waals surface area contributed by atoms with Gasteiger partial charge in [0.05, 0.1) is 19.1 Å². The Hall–Kier alpha value is -0.930. The van der Waals surface area contributed by atoms with E-state index in [4.69, 9.17) is 20.8 Å². The molecule has 0 aromatic carbocycles. The van der Waals surface area contributed by atoms with Crippen molar-refractivity contribution in [3.8, 4) is 0 Å². The molecule has 2 rings (SSSR count). The van der Waals surface area contributed by atoms with E-state index < -0.39 is 6.10 Å². The van der Waals surface area contributed by atoms with Crippen LogP contribution in [-0.4, -0.2) is 11.7 Å². The van der Waals surface area contributed by atoms with Crippen LogP contribution in [0.5, 0.6) is 0 Å². The van der Waals surface area contributed by atoms with Crippen LogP contribution in [0.1, 0.15) is 24.5 Å².